The highest BCUT2D eigenvalue weighted by Gasteiger charge is 2.25. The van der Waals surface area contributed by atoms with Crippen LogP contribution in [0.3, 0.4) is 0 Å². The molecule has 0 saturated heterocycles. The van der Waals surface area contributed by atoms with Gasteiger partial charge in [-0.15, -0.1) is 22.9 Å². The molecule has 0 atom stereocenters. The van der Waals surface area contributed by atoms with Gasteiger partial charge in [-0.1, -0.05) is 0 Å². The Balaban J connectivity index is 1.90. The van der Waals surface area contributed by atoms with E-state index >= 15 is 0 Å². The van der Waals surface area contributed by atoms with Crippen LogP contribution in [0.15, 0.2) is 5.38 Å². The van der Waals surface area contributed by atoms with Crippen LogP contribution in [0.2, 0.25) is 0 Å². The highest BCUT2D eigenvalue weighted by atomic mass is 35.5. The molecule has 1 heterocycles. The number of hydrogen-bond donors (Lipinski definition) is 0. The van der Waals surface area contributed by atoms with Gasteiger partial charge < -0.3 is 4.90 Å². The minimum Gasteiger partial charge on any atom is -0.342 e. The van der Waals surface area contributed by atoms with Crippen LogP contribution >= 0.6 is 22.9 Å². The maximum atomic E-state index is 11.9. The summed E-state index contributed by atoms with van der Waals surface area (Å²) in [6.07, 6.45) is 3.95. The third kappa shape index (κ3) is 2.55. The molecule has 0 N–H and O–H groups in total. The van der Waals surface area contributed by atoms with E-state index in [1.165, 1.54) is 17.8 Å². The third-order valence-corrected chi connectivity index (χ3v) is 4.23. The summed E-state index contributed by atoms with van der Waals surface area (Å²) < 4.78 is 0. The minimum absolute atomic E-state index is 0.167. The van der Waals surface area contributed by atoms with Crippen molar-refractivity contribution in [2.75, 3.05) is 7.05 Å². The standard InChI is InChI=1S/C11H15ClN2OS/c1-14(9-3-2-4-9)11(15)5-10-13-8(6-12)7-16-10/h7,9H,2-6H2,1H3. The van der Waals surface area contributed by atoms with Gasteiger partial charge >= 0.3 is 0 Å². The van der Waals surface area contributed by atoms with Crippen LogP contribution in [0, 0.1) is 0 Å². The van der Waals surface area contributed by atoms with Crippen molar-refractivity contribution in [1.29, 1.82) is 0 Å². The van der Waals surface area contributed by atoms with Gasteiger partial charge in [0, 0.05) is 18.5 Å². The lowest BCUT2D eigenvalue weighted by molar-refractivity contribution is -0.132. The van der Waals surface area contributed by atoms with Gasteiger partial charge in [0.2, 0.25) is 5.91 Å². The second-order valence-electron chi connectivity index (χ2n) is 4.13. The molecule has 0 unspecified atom stereocenters. The highest BCUT2D eigenvalue weighted by Crippen LogP contribution is 2.24. The number of carbonyl (C=O) groups is 1. The molecule has 1 saturated carbocycles. The number of thiazole rings is 1. The number of halogens is 1. The maximum absolute atomic E-state index is 11.9. The Morgan fingerprint density at radius 2 is 2.44 bits per heavy atom. The lowest BCUT2D eigenvalue weighted by Gasteiger charge is -2.34. The Hall–Kier alpha value is -0.610. The molecule has 1 amide bonds. The average Bonchev–Trinajstić information content (AvgIpc) is 2.62. The first-order valence-electron chi connectivity index (χ1n) is 5.45. The van der Waals surface area contributed by atoms with Crippen LogP contribution in [0.5, 0.6) is 0 Å². The van der Waals surface area contributed by atoms with E-state index in [1.807, 2.05) is 17.3 Å². The number of alkyl halides is 1. The van der Waals surface area contributed by atoms with E-state index in [9.17, 15) is 4.79 Å². The molecule has 88 valence electrons. The highest BCUT2D eigenvalue weighted by molar-refractivity contribution is 7.09. The molecule has 0 spiro atoms. The van der Waals surface area contributed by atoms with Crippen LogP contribution in [0.4, 0.5) is 0 Å². The Bertz CT molecular complexity index is 376. The lowest BCUT2D eigenvalue weighted by atomic mass is 9.92. The number of rotatable bonds is 4. The molecule has 0 aromatic carbocycles. The molecular formula is C11H15ClN2OS. The van der Waals surface area contributed by atoms with Crippen molar-refractivity contribution in [1.82, 2.24) is 9.88 Å². The first-order valence-corrected chi connectivity index (χ1v) is 6.87. The van der Waals surface area contributed by atoms with E-state index < -0.39 is 0 Å². The van der Waals surface area contributed by atoms with Crippen molar-refractivity contribution in [3.8, 4) is 0 Å². The SMILES string of the molecule is CN(C(=O)Cc1nc(CCl)cs1)C1CCC1. The molecular weight excluding hydrogens is 244 g/mol. The monoisotopic (exact) mass is 258 g/mol. The summed E-state index contributed by atoms with van der Waals surface area (Å²) in [5.41, 5.74) is 0.862. The van der Waals surface area contributed by atoms with E-state index in [1.54, 1.807) is 0 Å². The topological polar surface area (TPSA) is 33.2 Å². The molecule has 1 aromatic heterocycles. The van der Waals surface area contributed by atoms with E-state index in [-0.39, 0.29) is 5.91 Å². The summed E-state index contributed by atoms with van der Waals surface area (Å²) >= 11 is 7.18. The quantitative estimate of drug-likeness (QED) is 0.778. The van der Waals surface area contributed by atoms with Gasteiger partial charge in [-0.3, -0.25) is 4.79 Å². The van der Waals surface area contributed by atoms with Gasteiger partial charge in [0.25, 0.3) is 0 Å². The maximum Gasteiger partial charge on any atom is 0.229 e. The Kier molecular flexibility index (Phi) is 3.82. The van der Waals surface area contributed by atoms with Gasteiger partial charge in [0.15, 0.2) is 0 Å². The molecule has 3 nitrogen and oxygen atoms in total. The van der Waals surface area contributed by atoms with Gasteiger partial charge in [0.05, 0.1) is 18.0 Å². The Morgan fingerprint density at radius 1 is 1.69 bits per heavy atom. The van der Waals surface area contributed by atoms with E-state index in [2.05, 4.69) is 4.98 Å². The fourth-order valence-electron chi connectivity index (χ4n) is 1.72. The lowest BCUT2D eigenvalue weighted by Crippen LogP contribution is -2.42. The summed E-state index contributed by atoms with van der Waals surface area (Å²) in [6, 6.07) is 0.458. The van der Waals surface area contributed by atoms with Crippen molar-refractivity contribution in [2.24, 2.45) is 0 Å². The zero-order valence-electron chi connectivity index (χ0n) is 9.28. The van der Waals surface area contributed by atoms with Gasteiger partial charge in [-0.05, 0) is 19.3 Å². The van der Waals surface area contributed by atoms with Gasteiger partial charge in [0.1, 0.15) is 5.01 Å². The number of amides is 1. The molecule has 1 aliphatic rings. The first-order chi connectivity index (χ1) is 7.70. The molecule has 2 rings (SSSR count). The van der Waals surface area contributed by atoms with Crippen molar-refractivity contribution in [3.05, 3.63) is 16.1 Å². The Labute approximate surface area is 104 Å². The fraction of sp³-hybridized carbons (Fsp3) is 0.636. The van der Waals surface area contributed by atoms with Crippen LogP contribution in [-0.4, -0.2) is 28.9 Å². The summed E-state index contributed by atoms with van der Waals surface area (Å²) in [4.78, 5) is 18.1. The zero-order chi connectivity index (χ0) is 11.5. The normalized spacial score (nSPS) is 15.9. The smallest absolute Gasteiger partial charge is 0.229 e. The predicted molar refractivity (Wildman–Crippen MR) is 65.8 cm³/mol. The molecule has 5 heteroatoms. The number of hydrogen-bond acceptors (Lipinski definition) is 3. The largest absolute Gasteiger partial charge is 0.342 e. The molecule has 1 aliphatic carbocycles. The second kappa shape index (κ2) is 5.15. The summed E-state index contributed by atoms with van der Waals surface area (Å²) in [7, 11) is 1.89. The molecule has 16 heavy (non-hydrogen) atoms. The van der Waals surface area contributed by atoms with Crippen LogP contribution < -0.4 is 0 Å². The van der Waals surface area contributed by atoms with Crippen molar-refractivity contribution < 1.29 is 4.79 Å². The molecule has 0 radical (unpaired) electrons. The number of carbonyl (C=O) groups excluding carboxylic acids is 1. The number of nitrogens with zero attached hydrogens (tertiary/aromatic N) is 2. The fourth-order valence-corrected chi connectivity index (χ4v) is 2.74. The molecule has 1 aromatic rings. The zero-order valence-corrected chi connectivity index (χ0v) is 10.9. The van der Waals surface area contributed by atoms with Crippen LogP contribution in [0.25, 0.3) is 0 Å². The summed E-state index contributed by atoms with van der Waals surface area (Å²) in [5, 5.41) is 2.78. The van der Waals surface area contributed by atoms with Crippen LogP contribution in [-0.2, 0) is 17.1 Å². The van der Waals surface area contributed by atoms with E-state index in [0.29, 0.717) is 18.3 Å². The Morgan fingerprint density at radius 3 is 2.94 bits per heavy atom. The van der Waals surface area contributed by atoms with Crippen LogP contribution in [0.1, 0.15) is 30.0 Å². The summed E-state index contributed by atoms with van der Waals surface area (Å²) in [5.74, 6) is 0.587. The van der Waals surface area contributed by atoms with Crippen molar-refractivity contribution in [3.63, 3.8) is 0 Å². The molecule has 0 bridgehead atoms. The van der Waals surface area contributed by atoms with E-state index in [4.69, 9.17) is 11.6 Å². The second-order valence-corrected chi connectivity index (χ2v) is 5.34. The minimum atomic E-state index is 0.167. The molecule has 1 fully saturated rings. The van der Waals surface area contributed by atoms with Gasteiger partial charge in [-0.2, -0.15) is 0 Å². The summed E-state index contributed by atoms with van der Waals surface area (Å²) in [6.45, 7) is 0. The van der Waals surface area contributed by atoms with Crippen molar-refractivity contribution in [2.45, 2.75) is 37.6 Å². The number of aromatic nitrogens is 1. The first kappa shape index (κ1) is 11.9. The van der Waals surface area contributed by atoms with E-state index in [0.717, 1.165) is 23.5 Å². The third-order valence-electron chi connectivity index (χ3n) is 3.05. The van der Waals surface area contributed by atoms with Gasteiger partial charge in [-0.25, -0.2) is 4.98 Å². The average molecular weight is 259 g/mol. The number of likely N-dealkylation sites (N-methyl/N-ethyl adjacent to an activating group) is 1. The van der Waals surface area contributed by atoms with Crippen molar-refractivity contribution >= 4 is 28.8 Å². The predicted octanol–water partition coefficient (Wildman–Crippen LogP) is 2.44. The molecule has 0 aliphatic heterocycles.